The van der Waals surface area contributed by atoms with Crippen LogP contribution in [0.3, 0.4) is 0 Å². The first-order valence-corrected chi connectivity index (χ1v) is 9.81. The molecule has 8 nitrogen and oxygen atoms in total. The Morgan fingerprint density at radius 2 is 1.85 bits per heavy atom. The SMILES string of the molecule is Cc1c(Cl)cc(S(=O)(=O)N(C)Cc2ccc3c(c2)OCCO3)cc1[N+](=O)[O-]. The van der Waals surface area contributed by atoms with Crippen LogP contribution < -0.4 is 9.47 Å². The van der Waals surface area contributed by atoms with Gasteiger partial charge < -0.3 is 9.47 Å². The van der Waals surface area contributed by atoms with Gasteiger partial charge in [-0.15, -0.1) is 0 Å². The van der Waals surface area contributed by atoms with Gasteiger partial charge >= 0.3 is 0 Å². The van der Waals surface area contributed by atoms with Crippen LogP contribution in [-0.4, -0.2) is 37.9 Å². The van der Waals surface area contributed by atoms with Crippen molar-refractivity contribution in [1.29, 1.82) is 0 Å². The van der Waals surface area contributed by atoms with E-state index in [1.165, 1.54) is 20.0 Å². The van der Waals surface area contributed by atoms with E-state index in [2.05, 4.69) is 0 Å². The highest BCUT2D eigenvalue weighted by Crippen LogP contribution is 2.33. The average Bonchev–Trinajstić information content (AvgIpc) is 2.63. The molecule has 0 fully saturated rings. The molecule has 0 amide bonds. The summed E-state index contributed by atoms with van der Waals surface area (Å²) < 4.78 is 37.8. The lowest BCUT2D eigenvalue weighted by atomic mass is 10.2. The number of nitro groups is 1. The predicted octanol–water partition coefficient (Wildman–Crippen LogP) is 3.15. The number of hydrogen-bond acceptors (Lipinski definition) is 6. The molecular weight excluding hydrogens is 396 g/mol. The van der Waals surface area contributed by atoms with Gasteiger partial charge in [-0.2, -0.15) is 4.31 Å². The molecule has 2 aromatic carbocycles. The molecule has 1 aliphatic heterocycles. The molecule has 0 saturated heterocycles. The summed E-state index contributed by atoms with van der Waals surface area (Å²) in [7, 11) is -2.59. The molecule has 0 aliphatic carbocycles. The first-order chi connectivity index (χ1) is 12.7. The van der Waals surface area contributed by atoms with Crippen LogP contribution in [-0.2, 0) is 16.6 Å². The van der Waals surface area contributed by atoms with Gasteiger partial charge in [0.25, 0.3) is 5.69 Å². The summed E-state index contributed by atoms with van der Waals surface area (Å²) in [5.74, 6) is 1.16. The molecule has 0 atom stereocenters. The van der Waals surface area contributed by atoms with E-state index in [4.69, 9.17) is 21.1 Å². The minimum Gasteiger partial charge on any atom is -0.486 e. The highest BCUT2D eigenvalue weighted by Gasteiger charge is 2.26. The van der Waals surface area contributed by atoms with Crippen molar-refractivity contribution in [3.63, 3.8) is 0 Å². The first kappa shape index (κ1) is 19.4. The third kappa shape index (κ3) is 3.85. The molecule has 0 aromatic heterocycles. The number of ether oxygens (including phenoxy) is 2. The van der Waals surface area contributed by atoms with Crippen LogP contribution in [0.15, 0.2) is 35.2 Å². The summed E-state index contributed by atoms with van der Waals surface area (Å²) >= 11 is 6.00. The molecule has 10 heteroatoms. The molecule has 0 unspecified atom stereocenters. The third-order valence-corrected chi connectivity index (χ3v) is 6.38. The van der Waals surface area contributed by atoms with Crippen molar-refractivity contribution in [3.05, 3.63) is 56.6 Å². The lowest BCUT2D eigenvalue weighted by Gasteiger charge is -2.21. The molecule has 1 aliphatic rings. The van der Waals surface area contributed by atoms with E-state index < -0.39 is 14.9 Å². The molecular formula is C17H17ClN2O6S. The van der Waals surface area contributed by atoms with E-state index in [0.29, 0.717) is 30.3 Å². The summed E-state index contributed by atoms with van der Waals surface area (Å²) in [6.45, 7) is 2.41. The monoisotopic (exact) mass is 412 g/mol. The Hall–Kier alpha value is -2.36. The Morgan fingerprint density at radius 3 is 2.52 bits per heavy atom. The Bertz CT molecular complexity index is 1010. The number of sulfonamides is 1. The van der Waals surface area contributed by atoms with Crippen LogP contribution in [0.5, 0.6) is 11.5 Å². The number of hydrogen-bond donors (Lipinski definition) is 0. The topological polar surface area (TPSA) is 99.0 Å². The number of rotatable bonds is 5. The maximum absolute atomic E-state index is 12.9. The van der Waals surface area contributed by atoms with Crippen molar-refractivity contribution < 1.29 is 22.8 Å². The number of halogens is 1. The molecule has 1 heterocycles. The molecule has 0 radical (unpaired) electrons. The Balaban J connectivity index is 1.90. The van der Waals surface area contributed by atoms with Crippen molar-refractivity contribution in [1.82, 2.24) is 4.31 Å². The van der Waals surface area contributed by atoms with Gasteiger partial charge in [0.05, 0.1) is 14.8 Å². The molecule has 0 spiro atoms. The van der Waals surface area contributed by atoms with Crippen LogP contribution in [0.1, 0.15) is 11.1 Å². The van der Waals surface area contributed by atoms with Gasteiger partial charge in [0.15, 0.2) is 11.5 Å². The molecule has 0 saturated carbocycles. The maximum atomic E-state index is 12.9. The van der Waals surface area contributed by atoms with Crippen LogP contribution in [0.4, 0.5) is 5.69 Å². The quantitative estimate of drug-likeness (QED) is 0.552. The highest BCUT2D eigenvalue weighted by molar-refractivity contribution is 7.89. The standard InChI is InChI=1S/C17H17ClN2O6S/c1-11-14(18)8-13(9-15(11)20(21)22)27(23,24)19(2)10-12-3-4-16-17(7-12)26-6-5-25-16/h3-4,7-9H,5-6,10H2,1-2H3. The van der Waals surface area contributed by atoms with Gasteiger partial charge in [-0.05, 0) is 30.7 Å². The van der Waals surface area contributed by atoms with Crippen LogP contribution in [0.25, 0.3) is 0 Å². The molecule has 0 bridgehead atoms. The summed E-state index contributed by atoms with van der Waals surface area (Å²) in [5.41, 5.74) is 0.571. The minimum atomic E-state index is -3.98. The lowest BCUT2D eigenvalue weighted by molar-refractivity contribution is -0.385. The van der Waals surface area contributed by atoms with Crippen molar-refractivity contribution in [2.45, 2.75) is 18.4 Å². The zero-order valence-corrected chi connectivity index (χ0v) is 16.2. The zero-order valence-electron chi connectivity index (χ0n) is 14.6. The van der Waals surface area contributed by atoms with Gasteiger partial charge in [-0.1, -0.05) is 17.7 Å². The Labute approximate surface area is 161 Å². The number of benzene rings is 2. The Kier molecular flexibility index (Phi) is 5.27. The molecule has 144 valence electrons. The van der Waals surface area contributed by atoms with Gasteiger partial charge in [-0.3, -0.25) is 10.1 Å². The van der Waals surface area contributed by atoms with Crippen LogP contribution in [0, 0.1) is 17.0 Å². The van der Waals surface area contributed by atoms with Crippen molar-refractivity contribution in [2.24, 2.45) is 0 Å². The minimum absolute atomic E-state index is 0.0236. The van der Waals surface area contributed by atoms with E-state index in [0.717, 1.165) is 10.4 Å². The van der Waals surface area contributed by atoms with Crippen LogP contribution in [0.2, 0.25) is 5.02 Å². The third-order valence-electron chi connectivity index (χ3n) is 4.21. The van der Waals surface area contributed by atoms with Gasteiger partial charge in [0, 0.05) is 25.2 Å². The molecule has 27 heavy (non-hydrogen) atoms. The van der Waals surface area contributed by atoms with Crippen molar-refractivity contribution in [2.75, 3.05) is 20.3 Å². The van der Waals surface area contributed by atoms with Gasteiger partial charge in [0.1, 0.15) is 13.2 Å². The molecule has 2 aromatic rings. The van der Waals surface area contributed by atoms with Crippen molar-refractivity contribution >= 4 is 27.3 Å². The first-order valence-electron chi connectivity index (χ1n) is 7.99. The van der Waals surface area contributed by atoms with Crippen molar-refractivity contribution in [3.8, 4) is 11.5 Å². The van der Waals surface area contributed by atoms with E-state index in [-0.39, 0.29) is 27.7 Å². The largest absolute Gasteiger partial charge is 0.486 e. The summed E-state index contributed by atoms with van der Waals surface area (Å²) in [5, 5.41) is 11.2. The fourth-order valence-electron chi connectivity index (χ4n) is 2.69. The van der Waals surface area contributed by atoms with Gasteiger partial charge in [0.2, 0.25) is 10.0 Å². The second-order valence-electron chi connectivity index (χ2n) is 6.05. The second kappa shape index (κ2) is 7.34. The number of fused-ring (bicyclic) bond motifs is 1. The van der Waals surface area contributed by atoms with E-state index in [1.807, 2.05) is 0 Å². The average molecular weight is 413 g/mol. The summed E-state index contributed by atoms with van der Waals surface area (Å²) in [6.07, 6.45) is 0. The predicted molar refractivity (Wildman–Crippen MR) is 98.9 cm³/mol. The fourth-order valence-corrected chi connectivity index (χ4v) is 4.17. The normalized spacial score (nSPS) is 13.6. The summed E-state index contributed by atoms with van der Waals surface area (Å²) in [6, 6.07) is 7.42. The lowest BCUT2D eigenvalue weighted by Crippen LogP contribution is -2.26. The highest BCUT2D eigenvalue weighted by atomic mass is 35.5. The fraction of sp³-hybridized carbons (Fsp3) is 0.294. The number of nitrogens with zero attached hydrogens (tertiary/aromatic N) is 2. The molecule has 3 rings (SSSR count). The Morgan fingerprint density at radius 1 is 1.19 bits per heavy atom. The van der Waals surface area contributed by atoms with Crippen LogP contribution >= 0.6 is 11.6 Å². The summed E-state index contributed by atoms with van der Waals surface area (Å²) in [4.78, 5) is 10.3. The van der Waals surface area contributed by atoms with Gasteiger partial charge in [-0.25, -0.2) is 8.42 Å². The number of nitro benzene ring substituents is 1. The van der Waals surface area contributed by atoms with E-state index in [9.17, 15) is 18.5 Å². The van der Waals surface area contributed by atoms with E-state index >= 15 is 0 Å². The maximum Gasteiger partial charge on any atom is 0.275 e. The zero-order chi connectivity index (χ0) is 19.8. The molecule has 0 N–H and O–H groups in total. The second-order valence-corrected chi connectivity index (χ2v) is 8.50. The van der Waals surface area contributed by atoms with E-state index in [1.54, 1.807) is 18.2 Å². The smallest absolute Gasteiger partial charge is 0.275 e.